The van der Waals surface area contributed by atoms with Gasteiger partial charge in [0.2, 0.25) is 0 Å². The largest absolute Gasteiger partial charge is 0.381 e. The molecule has 0 rings (SSSR count). The van der Waals surface area contributed by atoms with Crippen molar-refractivity contribution in [1.29, 1.82) is 0 Å². The van der Waals surface area contributed by atoms with E-state index >= 15 is 0 Å². The fourth-order valence-corrected chi connectivity index (χ4v) is 3.11. The molecule has 0 amide bonds. The lowest BCUT2D eigenvalue weighted by atomic mass is 10.1. The van der Waals surface area contributed by atoms with Crippen LogP contribution in [0.3, 0.4) is 0 Å². The van der Waals surface area contributed by atoms with Crippen LogP contribution in [-0.4, -0.2) is 26.4 Å². The summed E-state index contributed by atoms with van der Waals surface area (Å²) in [7, 11) is 0. The summed E-state index contributed by atoms with van der Waals surface area (Å²) in [6, 6.07) is 0. The third-order valence-corrected chi connectivity index (χ3v) is 4.86. The summed E-state index contributed by atoms with van der Waals surface area (Å²) >= 11 is 0. The van der Waals surface area contributed by atoms with E-state index in [2.05, 4.69) is 13.8 Å². The average molecular weight is 357 g/mol. The zero-order valence-corrected chi connectivity index (χ0v) is 17.7. The monoisotopic (exact) mass is 356 g/mol. The summed E-state index contributed by atoms with van der Waals surface area (Å²) in [5, 5.41) is 0. The van der Waals surface area contributed by atoms with Crippen LogP contribution in [0.2, 0.25) is 0 Å². The molecule has 0 saturated carbocycles. The lowest BCUT2D eigenvalue weighted by molar-refractivity contribution is 0.111. The minimum absolute atomic E-state index is 0.938. The van der Waals surface area contributed by atoms with Crippen molar-refractivity contribution in [3.05, 3.63) is 0 Å². The van der Waals surface area contributed by atoms with Gasteiger partial charge in [-0.15, -0.1) is 0 Å². The molecule has 0 aromatic heterocycles. The molecule has 0 aliphatic carbocycles. The maximum absolute atomic E-state index is 5.72. The van der Waals surface area contributed by atoms with Crippen LogP contribution in [0.1, 0.15) is 123 Å². The van der Waals surface area contributed by atoms with E-state index in [-0.39, 0.29) is 0 Å². The zero-order valence-electron chi connectivity index (χ0n) is 17.7. The van der Waals surface area contributed by atoms with Gasteiger partial charge in [-0.3, -0.25) is 0 Å². The molecule has 0 aliphatic rings. The van der Waals surface area contributed by atoms with E-state index in [0.29, 0.717) is 0 Å². The standard InChI is InChI=1S/C23H48O2/c1-3-5-7-9-11-13-16-20-24-22-18-15-19-23-25-21-17-14-12-10-8-6-4-2/h3-23H2,1-2H3. The summed E-state index contributed by atoms with van der Waals surface area (Å²) in [5.74, 6) is 0. The highest BCUT2D eigenvalue weighted by atomic mass is 16.5. The van der Waals surface area contributed by atoms with Gasteiger partial charge in [-0.2, -0.15) is 0 Å². The van der Waals surface area contributed by atoms with Crippen LogP contribution in [0.15, 0.2) is 0 Å². The first-order valence-electron chi connectivity index (χ1n) is 11.6. The van der Waals surface area contributed by atoms with Crippen LogP contribution in [-0.2, 0) is 9.47 Å². The molecule has 0 aromatic rings. The predicted molar refractivity (Wildman–Crippen MR) is 111 cm³/mol. The molecule has 0 aliphatic heterocycles. The molecule has 0 fully saturated rings. The molecule has 0 atom stereocenters. The fraction of sp³-hybridized carbons (Fsp3) is 1.00. The van der Waals surface area contributed by atoms with Crippen LogP contribution in [0.4, 0.5) is 0 Å². The Kier molecular flexibility index (Phi) is 23.8. The lowest BCUT2D eigenvalue weighted by Gasteiger charge is -2.06. The van der Waals surface area contributed by atoms with Gasteiger partial charge in [0.1, 0.15) is 0 Å². The van der Waals surface area contributed by atoms with Crippen LogP contribution < -0.4 is 0 Å². The van der Waals surface area contributed by atoms with Gasteiger partial charge in [-0.25, -0.2) is 0 Å². The van der Waals surface area contributed by atoms with E-state index in [1.165, 1.54) is 109 Å². The molecule has 2 nitrogen and oxygen atoms in total. The maximum Gasteiger partial charge on any atom is 0.0466 e. The third-order valence-electron chi connectivity index (χ3n) is 4.86. The molecule has 152 valence electrons. The molecule has 0 radical (unpaired) electrons. The molecule has 0 spiro atoms. The van der Waals surface area contributed by atoms with Gasteiger partial charge in [0.25, 0.3) is 0 Å². The molecule has 0 unspecified atom stereocenters. The third kappa shape index (κ3) is 23.9. The number of hydrogen-bond donors (Lipinski definition) is 0. The van der Waals surface area contributed by atoms with Crippen molar-refractivity contribution in [3.8, 4) is 0 Å². The Morgan fingerprint density at radius 3 is 0.880 bits per heavy atom. The van der Waals surface area contributed by atoms with E-state index in [1.54, 1.807) is 0 Å². The van der Waals surface area contributed by atoms with Crippen molar-refractivity contribution in [3.63, 3.8) is 0 Å². The van der Waals surface area contributed by atoms with Gasteiger partial charge in [-0.05, 0) is 32.1 Å². The highest BCUT2D eigenvalue weighted by molar-refractivity contribution is 4.47. The molecular weight excluding hydrogens is 308 g/mol. The maximum atomic E-state index is 5.72. The minimum atomic E-state index is 0.938. The second kappa shape index (κ2) is 23.9. The van der Waals surface area contributed by atoms with Crippen molar-refractivity contribution in [1.82, 2.24) is 0 Å². The Hall–Kier alpha value is -0.0800. The molecule has 0 N–H and O–H groups in total. The number of hydrogen-bond acceptors (Lipinski definition) is 2. The van der Waals surface area contributed by atoms with Gasteiger partial charge in [0.15, 0.2) is 0 Å². The Morgan fingerprint density at radius 1 is 0.320 bits per heavy atom. The summed E-state index contributed by atoms with van der Waals surface area (Å²) in [6.45, 7) is 8.35. The van der Waals surface area contributed by atoms with Gasteiger partial charge >= 0.3 is 0 Å². The van der Waals surface area contributed by atoms with E-state index in [9.17, 15) is 0 Å². The quantitative estimate of drug-likeness (QED) is 0.185. The first-order valence-corrected chi connectivity index (χ1v) is 11.6. The average Bonchev–Trinajstić information content (AvgIpc) is 2.63. The number of unbranched alkanes of at least 4 members (excludes halogenated alkanes) is 14. The smallest absolute Gasteiger partial charge is 0.0466 e. The number of rotatable bonds is 22. The molecule has 2 heteroatoms. The Balaban J connectivity index is 2.94. The van der Waals surface area contributed by atoms with Crippen molar-refractivity contribution in [2.45, 2.75) is 123 Å². The summed E-state index contributed by atoms with van der Waals surface area (Å²) in [6.07, 6.45) is 22.7. The van der Waals surface area contributed by atoms with Crippen LogP contribution in [0.25, 0.3) is 0 Å². The van der Waals surface area contributed by atoms with Gasteiger partial charge in [-0.1, -0.05) is 90.9 Å². The van der Waals surface area contributed by atoms with Crippen molar-refractivity contribution in [2.24, 2.45) is 0 Å². The Bertz CT molecular complexity index is 196. The molecule has 0 saturated heterocycles. The fourth-order valence-electron chi connectivity index (χ4n) is 3.11. The Morgan fingerprint density at radius 2 is 0.560 bits per heavy atom. The second-order valence-electron chi connectivity index (χ2n) is 7.53. The predicted octanol–water partition coefficient (Wildman–Crippen LogP) is 7.69. The van der Waals surface area contributed by atoms with Crippen LogP contribution >= 0.6 is 0 Å². The van der Waals surface area contributed by atoms with Gasteiger partial charge < -0.3 is 9.47 Å². The van der Waals surface area contributed by atoms with Crippen molar-refractivity contribution >= 4 is 0 Å². The molecule has 0 aromatic carbocycles. The van der Waals surface area contributed by atoms with E-state index in [1.807, 2.05) is 0 Å². The van der Waals surface area contributed by atoms with Crippen molar-refractivity contribution < 1.29 is 9.47 Å². The molecular formula is C23H48O2. The summed E-state index contributed by atoms with van der Waals surface area (Å²) < 4.78 is 11.4. The SMILES string of the molecule is CCCCCCCCCOCCCCCOCCCCCCCCC. The van der Waals surface area contributed by atoms with E-state index < -0.39 is 0 Å². The zero-order chi connectivity index (χ0) is 18.3. The molecule has 0 bridgehead atoms. The summed E-state index contributed by atoms with van der Waals surface area (Å²) in [4.78, 5) is 0. The second-order valence-corrected chi connectivity index (χ2v) is 7.53. The van der Waals surface area contributed by atoms with Gasteiger partial charge in [0, 0.05) is 26.4 Å². The van der Waals surface area contributed by atoms with Crippen LogP contribution in [0.5, 0.6) is 0 Å². The number of ether oxygens (including phenoxy) is 2. The van der Waals surface area contributed by atoms with E-state index in [0.717, 1.165) is 26.4 Å². The molecule has 25 heavy (non-hydrogen) atoms. The first-order chi connectivity index (χ1) is 12.4. The summed E-state index contributed by atoms with van der Waals surface area (Å²) in [5.41, 5.74) is 0. The minimum Gasteiger partial charge on any atom is -0.381 e. The Labute approximate surface area is 159 Å². The lowest BCUT2D eigenvalue weighted by Crippen LogP contribution is -2.00. The highest BCUT2D eigenvalue weighted by Crippen LogP contribution is 2.08. The van der Waals surface area contributed by atoms with Crippen molar-refractivity contribution in [2.75, 3.05) is 26.4 Å². The topological polar surface area (TPSA) is 18.5 Å². The van der Waals surface area contributed by atoms with Crippen LogP contribution in [0, 0.1) is 0 Å². The first kappa shape index (κ1) is 24.9. The highest BCUT2D eigenvalue weighted by Gasteiger charge is 1.95. The van der Waals surface area contributed by atoms with Gasteiger partial charge in [0.05, 0.1) is 0 Å². The normalized spacial score (nSPS) is 11.3. The van der Waals surface area contributed by atoms with E-state index in [4.69, 9.17) is 9.47 Å². The molecule has 0 heterocycles.